The van der Waals surface area contributed by atoms with Gasteiger partial charge in [0, 0.05) is 25.2 Å². The van der Waals surface area contributed by atoms with E-state index in [0.717, 1.165) is 44.4 Å². The molecule has 1 saturated heterocycles. The summed E-state index contributed by atoms with van der Waals surface area (Å²) in [6.45, 7) is 1.61. The van der Waals surface area contributed by atoms with E-state index in [0.29, 0.717) is 31.1 Å². The molecule has 2 aliphatic heterocycles. The normalized spacial score (nSPS) is 19.4. The van der Waals surface area contributed by atoms with Crippen molar-refractivity contribution in [3.05, 3.63) is 54.1 Å². The zero-order valence-corrected chi connectivity index (χ0v) is 19.9. The molecule has 182 valence electrons. The van der Waals surface area contributed by atoms with Crippen LogP contribution in [0.1, 0.15) is 37.7 Å². The van der Waals surface area contributed by atoms with E-state index in [-0.39, 0.29) is 31.0 Å². The van der Waals surface area contributed by atoms with Crippen molar-refractivity contribution in [1.29, 1.82) is 0 Å². The van der Waals surface area contributed by atoms with E-state index in [9.17, 15) is 9.59 Å². The van der Waals surface area contributed by atoms with Crippen molar-refractivity contribution < 1.29 is 23.8 Å². The van der Waals surface area contributed by atoms with Gasteiger partial charge >= 0.3 is 0 Å². The fourth-order valence-electron chi connectivity index (χ4n) is 4.67. The number of rotatable bonds is 4. The van der Waals surface area contributed by atoms with Crippen LogP contribution in [-0.2, 0) is 16.0 Å². The van der Waals surface area contributed by atoms with Gasteiger partial charge in [0.2, 0.25) is 5.91 Å². The molecule has 2 heterocycles. The fourth-order valence-corrected chi connectivity index (χ4v) is 4.67. The van der Waals surface area contributed by atoms with Gasteiger partial charge in [-0.25, -0.2) is 0 Å². The smallest absolute Gasteiger partial charge is 0.260 e. The lowest BCUT2D eigenvalue weighted by Crippen LogP contribution is -2.50. The summed E-state index contributed by atoms with van der Waals surface area (Å²) in [6.07, 6.45) is 5.61. The molecule has 1 unspecified atom stereocenters. The molecule has 4 rings (SSSR count). The second-order valence-electron chi connectivity index (χ2n) is 8.91. The number of amides is 2. The van der Waals surface area contributed by atoms with Crippen molar-refractivity contribution in [2.75, 3.05) is 40.0 Å². The largest absolute Gasteiger partial charge is 0.497 e. The molecular weight excluding hydrogens is 432 g/mol. The second-order valence-corrected chi connectivity index (χ2v) is 8.91. The lowest BCUT2D eigenvalue weighted by atomic mass is 9.95. The standard InChI is InChI=1S/C27H34N2O5/c1-32-23-9-5-11-25(18-23)34-20-27(31)28-14-6-16-33-24-10-4-7-21(17-24)12-13-22-8-2-3-15-29(22)26(30)19-28/h4-5,7,9-11,17-18,22H,2-3,6,8,12-16,19-20H2,1H3. The fraction of sp³-hybridized carbons (Fsp3) is 0.481. The first-order valence-corrected chi connectivity index (χ1v) is 12.2. The summed E-state index contributed by atoms with van der Waals surface area (Å²) in [5.41, 5.74) is 1.24. The Morgan fingerprint density at radius 1 is 1.03 bits per heavy atom. The predicted octanol–water partition coefficient (Wildman–Crippen LogP) is 3.70. The van der Waals surface area contributed by atoms with Crippen molar-refractivity contribution in [2.45, 2.75) is 44.6 Å². The molecular formula is C27H34N2O5. The van der Waals surface area contributed by atoms with Crippen molar-refractivity contribution in [3.8, 4) is 17.2 Å². The van der Waals surface area contributed by atoms with E-state index in [4.69, 9.17) is 14.2 Å². The molecule has 2 bridgehead atoms. The maximum absolute atomic E-state index is 13.3. The van der Waals surface area contributed by atoms with Crippen molar-refractivity contribution in [3.63, 3.8) is 0 Å². The molecule has 7 nitrogen and oxygen atoms in total. The van der Waals surface area contributed by atoms with Gasteiger partial charge in [0.05, 0.1) is 20.3 Å². The number of ether oxygens (including phenoxy) is 3. The van der Waals surface area contributed by atoms with Gasteiger partial charge in [-0.2, -0.15) is 0 Å². The minimum Gasteiger partial charge on any atom is -0.497 e. The molecule has 2 aromatic carbocycles. The first kappa shape index (κ1) is 23.9. The Morgan fingerprint density at radius 2 is 1.88 bits per heavy atom. The van der Waals surface area contributed by atoms with Crippen LogP contribution in [0, 0.1) is 0 Å². The summed E-state index contributed by atoms with van der Waals surface area (Å²) in [6, 6.07) is 15.6. The number of carbonyl (C=O) groups excluding carboxylic acids is 2. The Labute approximate surface area is 201 Å². The molecule has 0 aliphatic carbocycles. The SMILES string of the molecule is COc1cccc(OCC(=O)N2CCCOc3cccc(c3)CCC3CCCCN3C(=O)C2)c1. The van der Waals surface area contributed by atoms with Crippen LogP contribution in [0.25, 0.3) is 0 Å². The monoisotopic (exact) mass is 466 g/mol. The quantitative estimate of drug-likeness (QED) is 0.687. The molecule has 2 aromatic rings. The molecule has 1 atom stereocenters. The van der Waals surface area contributed by atoms with Crippen LogP contribution in [0.3, 0.4) is 0 Å². The van der Waals surface area contributed by atoms with E-state index >= 15 is 0 Å². The van der Waals surface area contributed by atoms with E-state index < -0.39 is 0 Å². The van der Waals surface area contributed by atoms with Gasteiger partial charge in [0.25, 0.3) is 5.91 Å². The summed E-state index contributed by atoms with van der Waals surface area (Å²) < 4.78 is 16.9. The molecule has 0 N–H and O–H groups in total. The third-order valence-corrected chi connectivity index (χ3v) is 6.54. The number of hydrogen-bond acceptors (Lipinski definition) is 5. The van der Waals surface area contributed by atoms with Crippen LogP contribution in [0.4, 0.5) is 0 Å². The molecule has 2 aliphatic rings. The van der Waals surface area contributed by atoms with Gasteiger partial charge in [0.15, 0.2) is 6.61 Å². The van der Waals surface area contributed by atoms with Gasteiger partial charge < -0.3 is 24.0 Å². The minimum absolute atomic E-state index is 0.0196. The number of benzene rings is 2. The van der Waals surface area contributed by atoms with Gasteiger partial charge in [0.1, 0.15) is 17.2 Å². The van der Waals surface area contributed by atoms with Gasteiger partial charge in [-0.1, -0.05) is 18.2 Å². The summed E-state index contributed by atoms with van der Waals surface area (Å²) in [5.74, 6) is 1.88. The van der Waals surface area contributed by atoms with Crippen LogP contribution in [0.15, 0.2) is 48.5 Å². The Balaban J connectivity index is 1.46. The Kier molecular flexibility index (Phi) is 8.28. The van der Waals surface area contributed by atoms with Crippen LogP contribution in [-0.4, -0.2) is 67.6 Å². The van der Waals surface area contributed by atoms with Gasteiger partial charge in [-0.05, 0) is 68.4 Å². The highest BCUT2D eigenvalue weighted by atomic mass is 16.5. The maximum atomic E-state index is 13.3. The average molecular weight is 467 g/mol. The number of carbonyl (C=O) groups is 2. The maximum Gasteiger partial charge on any atom is 0.260 e. The first-order valence-electron chi connectivity index (χ1n) is 12.2. The number of fused-ring (bicyclic) bond motifs is 3. The number of nitrogens with zero attached hydrogens (tertiary/aromatic N) is 2. The van der Waals surface area contributed by atoms with E-state index in [1.54, 1.807) is 24.1 Å². The number of hydrogen-bond donors (Lipinski definition) is 0. The van der Waals surface area contributed by atoms with Crippen LogP contribution in [0.5, 0.6) is 17.2 Å². The van der Waals surface area contributed by atoms with Crippen LogP contribution < -0.4 is 14.2 Å². The van der Waals surface area contributed by atoms with Crippen molar-refractivity contribution in [2.24, 2.45) is 0 Å². The molecule has 2 amide bonds. The zero-order chi connectivity index (χ0) is 23.8. The molecule has 0 aromatic heterocycles. The zero-order valence-electron chi connectivity index (χ0n) is 19.9. The predicted molar refractivity (Wildman–Crippen MR) is 129 cm³/mol. The summed E-state index contributed by atoms with van der Waals surface area (Å²) in [7, 11) is 1.59. The van der Waals surface area contributed by atoms with E-state index in [1.165, 1.54) is 5.56 Å². The minimum atomic E-state index is -0.209. The lowest BCUT2D eigenvalue weighted by Gasteiger charge is -2.37. The summed E-state index contributed by atoms with van der Waals surface area (Å²) in [5, 5.41) is 0. The Hall–Kier alpha value is -3.22. The summed E-state index contributed by atoms with van der Waals surface area (Å²) >= 11 is 0. The Bertz CT molecular complexity index is 979. The third kappa shape index (κ3) is 6.43. The highest BCUT2D eigenvalue weighted by Gasteiger charge is 2.29. The first-order chi connectivity index (χ1) is 16.6. The van der Waals surface area contributed by atoms with E-state index in [1.807, 2.05) is 29.2 Å². The lowest BCUT2D eigenvalue weighted by molar-refractivity contribution is -0.144. The number of methoxy groups -OCH3 is 1. The van der Waals surface area contributed by atoms with Crippen LogP contribution >= 0.6 is 0 Å². The van der Waals surface area contributed by atoms with E-state index in [2.05, 4.69) is 12.1 Å². The number of piperidine rings is 1. The number of aryl methyl sites for hydroxylation is 1. The Morgan fingerprint density at radius 3 is 2.76 bits per heavy atom. The third-order valence-electron chi connectivity index (χ3n) is 6.54. The van der Waals surface area contributed by atoms with Gasteiger partial charge in [-0.3, -0.25) is 9.59 Å². The summed E-state index contributed by atoms with van der Waals surface area (Å²) in [4.78, 5) is 30.0. The molecule has 0 spiro atoms. The van der Waals surface area contributed by atoms with Crippen molar-refractivity contribution >= 4 is 11.8 Å². The second kappa shape index (κ2) is 11.8. The molecule has 34 heavy (non-hydrogen) atoms. The topological polar surface area (TPSA) is 68.3 Å². The molecule has 7 heteroatoms. The highest BCUT2D eigenvalue weighted by Crippen LogP contribution is 2.24. The average Bonchev–Trinajstić information content (AvgIpc) is 2.87. The van der Waals surface area contributed by atoms with Gasteiger partial charge in [-0.15, -0.1) is 0 Å². The van der Waals surface area contributed by atoms with Crippen LogP contribution in [0.2, 0.25) is 0 Å². The van der Waals surface area contributed by atoms with Crippen molar-refractivity contribution in [1.82, 2.24) is 9.80 Å². The highest BCUT2D eigenvalue weighted by molar-refractivity contribution is 5.85. The molecule has 0 saturated carbocycles. The molecule has 1 fully saturated rings. The molecule has 0 radical (unpaired) electrons.